The topological polar surface area (TPSA) is 88.3 Å². The van der Waals surface area contributed by atoms with Gasteiger partial charge in [0.25, 0.3) is 0 Å². The predicted molar refractivity (Wildman–Crippen MR) is 65.1 cm³/mol. The summed E-state index contributed by atoms with van der Waals surface area (Å²) in [6, 6.07) is 6.57. The number of aromatic nitrogens is 2. The van der Waals surface area contributed by atoms with Crippen LogP contribution in [0.25, 0.3) is 11.5 Å². The number of hydrogen-bond donors (Lipinski definition) is 2. The van der Waals surface area contributed by atoms with Gasteiger partial charge in [0.15, 0.2) is 0 Å². The van der Waals surface area contributed by atoms with E-state index in [1.165, 1.54) is 6.39 Å². The largest absolute Gasteiger partial charge is 0.480 e. The minimum absolute atomic E-state index is 0.437. The number of carboxylic acids is 1. The van der Waals surface area contributed by atoms with Crippen LogP contribution in [0, 0.1) is 0 Å². The summed E-state index contributed by atoms with van der Waals surface area (Å²) >= 11 is 0. The molecule has 1 aromatic carbocycles. The van der Waals surface area contributed by atoms with Crippen LogP contribution >= 0.6 is 0 Å². The number of aliphatic carboxylic acids is 1. The first-order chi connectivity index (χ1) is 8.70. The number of benzene rings is 1. The fourth-order valence-corrected chi connectivity index (χ4v) is 1.55. The number of nitrogens with one attached hydrogen (secondary N) is 1. The molecule has 0 spiro atoms. The first-order valence-corrected chi connectivity index (χ1v) is 5.56. The van der Waals surface area contributed by atoms with E-state index in [2.05, 4.69) is 15.5 Å². The summed E-state index contributed by atoms with van der Waals surface area (Å²) in [5.41, 5.74) is 1.54. The summed E-state index contributed by atoms with van der Waals surface area (Å²) in [4.78, 5) is 10.9. The van der Waals surface area contributed by atoms with Crippen LogP contribution in [-0.2, 0) is 4.79 Å². The van der Waals surface area contributed by atoms with Gasteiger partial charge in [0.2, 0.25) is 12.3 Å². The molecule has 0 aliphatic rings. The van der Waals surface area contributed by atoms with Gasteiger partial charge < -0.3 is 14.8 Å². The number of anilines is 1. The Morgan fingerprint density at radius 2 is 2.17 bits per heavy atom. The van der Waals surface area contributed by atoms with Gasteiger partial charge in [-0.2, -0.15) is 0 Å². The van der Waals surface area contributed by atoms with E-state index in [4.69, 9.17) is 9.52 Å². The molecule has 6 nitrogen and oxygen atoms in total. The molecule has 2 aromatic rings. The zero-order valence-corrected chi connectivity index (χ0v) is 9.83. The maximum atomic E-state index is 10.9. The molecule has 0 fully saturated rings. The van der Waals surface area contributed by atoms with E-state index in [-0.39, 0.29) is 0 Å². The normalized spacial score (nSPS) is 12.1. The fraction of sp³-hybridized carbons (Fsp3) is 0.250. The summed E-state index contributed by atoms with van der Waals surface area (Å²) in [7, 11) is 0. The van der Waals surface area contributed by atoms with Gasteiger partial charge in [0.1, 0.15) is 6.04 Å². The zero-order valence-electron chi connectivity index (χ0n) is 9.83. The SMILES string of the molecule is CCC(Nc1ccc(-c2nnco2)cc1)C(=O)O. The standard InChI is InChI=1S/C12H13N3O3/c1-2-10(12(16)17)14-9-5-3-8(4-6-9)11-15-13-7-18-11/h3-7,10,14H,2H2,1H3,(H,16,17). The third kappa shape index (κ3) is 2.65. The molecule has 0 saturated carbocycles. The molecule has 6 heteroatoms. The number of hydrogen-bond acceptors (Lipinski definition) is 5. The van der Waals surface area contributed by atoms with Gasteiger partial charge in [0, 0.05) is 11.3 Å². The van der Waals surface area contributed by atoms with Gasteiger partial charge in [-0.3, -0.25) is 0 Å². The summed E-state index contributed by atoms with van der Waals surface area (Å²) in [5.74, 6) is -0.426. The molecule has 2 rings (SSSR count). The van der Waals surface area contributed by atoms with Crippen LogP contribution in [0.2, 0.25) is 0 Å². The molecular formula is C12H13N3O3. The Morgan fingerprint density at radius 3 is 2.67 bits per heavy atom. The predicted octanol–water partition coefficient (Wildman–Crippen LogP) is 2.01. The van der Waals surface area contributed by atoms with Crippen molar-refractivity contribution in [1.82, 2.24) is 10.2 Å². The van der Waals surface area contributed by atoms with Crippen molar-refractivity contribution in [1.29, 1.82) is 0 Å². The van der Waals surface area contributed by atoms with Gasteiger partial charge in [-0.25, -0.2) is 4.79 Å². The minimum Gasteiger partial charge on any atom is -0.480 e. The smallest absolute Gasteiger partial charge is 0.326 e. The molecule has 1 unspecified atom stereocenters. The van der Waals surface area contributed by atoms with Crippen molar-refractivity contribution in [3.05, 3.63) is 30.7 Å². The van der Waals surface area contributed by atoms with Crippen molar-refractivity contribution in [2.75, 3.05) is 5.32 Å². The average molecular weight is 247 g/mol. The molecule has 0 bridgehead atoms. The van der Waals surface area contributed by atoms with Crippen molar-refractivity contribution in [2.45, 2.75) is 19.4 Å². The van der Waals surface area contributed by atoms with Gasteiger partial charge in [-0.1, -0.05) is 6.92 Å². The first kappa shape index (κ1) is 12.1. The third-order valence-electron chi connectivity index (χ3n) is 2.54. The van der Waals surface area contributed by atoms with Gasteiger partial charge in [-0.05, 0) is 30.7 Å². The Labute approximate surface area is 104 Å². The molecule has 0 aliphatic carbocycles. The third-order valence-corrected chi connectivity index (χ3v) is 2.54. The van der Waals surface area contributed by atoms with Crippen molar-refractivity contribution in [2.24, 2.45) is 0 Å². The number of carbonyl (C=O) groups is 1. The average Bonchev–Trinajstić information content (AvgIpc) is 2.90. The van der Waals surface area contributed by atoms with Crippen LogP contribution in [-0.4, -0.2) is 27.3 Å². The molecule has 1 aromatic heterocycles. The van der Waals surface area contributed by atoms with Crippen molar-refractivity contribution in [3.8, 4) is 11.5 Å². The van der Waals surface area contributed by atoms with E-state index in [1.54, 1.807) is 24.3 Å². The molecule has 0 amide bonds. The highest BCUT2D eigenvalue weighted by atomic mass is 16.4. The van der Waals surface area contributed by atoms with Crippen molar-refractivity contribution >= 4 is 11.7 Å². The molecule has 0 saturated heterocycles. The lowest BCUT2D eigenvalue weighted by Gasteiger charge is -2.13. The molecular weight excluding hydrogens is 234 g/mol. The summed E-state index contributed by atoms with van der Waals surface area (Å²) in [6.07, 6.45) is 1.78. The Kier molecular flexibility index (Phi) is 3.57. The fourth-order valence-electron chi connectivity index (χ4n) is 1.55. The molecule has 18 heavy (non-hydrogen) atoms. The zero-order chi connectivity index (χ0) is 13.0. The molecule has 2 N–H and O–H groups in total. The lowest BCUT2D eigenvalue weighted by Crippen LogP contribution is -2.28. The van der Waals surface area contributed by atoms with Crippen LogP contribution in [0.3, 0.4) is 0 Å². The Bertz CT molecular complexity index is 508. The molecule has 1 atom stereocenters. The minimum atomic E-state index is -0.863. The lowest BCUT2D eigenvalue weighted by molar-refractivity contribution is -0.137. The maximum Gasteiger partial charge on any atom is 0.326 e. The van der Waals surface area contributed by atoms with Crippen molar-refractivity contribution < 1.29 is 14.3 Å². The van der Waals surface area contributed by atoms with E-state index in [9.17, 15) is 4.79 Å². The first-order valence-electron chi connectivity index (χ1n) is 5.56. The second-order valence-electron chi connectivity index (χ2n) is 3.76. The molecule has 1 heterocycles. The maximum absolute atomic E-state index is 10.9. The highest BCUT2D eigenvalue weighted by Gasteiger charge is 2.14. The second kappa shape index (κ2) is 5.31. The molecule has 94 valence electrons. The van der Waals surface area contributed by atoms with Gasteiger partial charge in [0.05, 0.1) is 0 Å². The number of nitrogens with zero attached hydrogens (tertiary/aromatic N) is 2. The second-order valence-corrected chi connectivity index (χ2v) is 3.76. The number of rotatable bonds is 5. The summed E-state index contributed by atoms with van der Waals surface area (Å²) in [5, 5.41) is 19.3. The van der Waals surface area contributed by atoms with Crippen LogP contribution in [0.1, 0.15) is 13.3 Å². The van der Waals surface area contributed by atoms with Crippen LogP contribution in [0.15, 0.2) is 35.1 Å². The van der Waals surface area contributed by atoms with Crippen LogP contribution in [0.4, 0.5) is 5.69 Å². The Morgan fingerprint density at radius 1 is 1.44 bits per heavy atom. The van der Waals surface area contributed by atoms with Gasteiger partial charge in [-0.15, -0.1) is 10.2 Å². The lowest BCUT2D eigenvalue weighted by atomic mass is 10.1. The Hall–Kier alpha value is -2.37. The highest BCUT2D eigenvalue weighted by Crippen LogP contribution is 2.19. The highest BCUT2D eigenvalue weighted by molar-refractivity contribution is 5.77. The summed E-state index contributed by atoms with van der Waals surface area (Å²) < 4.78 is 5.06. The van der Waals surface area contributed by atoms with Crippen molar-refractivity contribution in [3.63, 3.8) is 0 Å². The number of carboxylic acid groups (broad SMARTS) is 1. The van der Waals surface area contributed by atoms with E-state index < -0.39 is 12.0 Å². The molecule has 0 radical (unpaired) electrons. The van der Waals surface area contributed by atoms with E-state index in [1.807, 2.05) is 6.92 Å². The van der Waals surface area contributed by atoms with E-state index >= 15 is 0 Å². The van der Waals surface area contributed by atoms with Gasteiger partial charge >= 0.3 is 5.97 Å². The quantitative estimate of drug-likeness (QED) is 0.840. The van der Waals surface area contributed by atoms with Crippen LogP contribution in [0.5, 0.6) is 0 Å². The monoisotopic (exact) mass is 247 g/mol. The van der Waals surface area contributed by atoms with Crippen LogP contribution < -0.4 is 5.32 Å². The van der Waals surface area contributed by atoms with E-state index in [0.717, 1.165) is 11.3 Å². The molecule has 0 aliphatic heterocycles. The Balaban J connectivity index is 2.10. The summed E-state index contributed by atoms with van der Waals surface area (Å²) in [6.45, 7) is 1.82. The van der Waals surface area contributed by atoms with E-state index in [0.29, 0.717) is 12.3 Å².